The molecule has 132 valence electrons. The van der Waals surface area contributed by atoms with Gasteiger partial charge in [-0.15, -0.1) is 0 Å². The maximum Gasteiger partial charge on any atom is 0.251 e. The number of nitrogens with one attached hydrogen (secondary N) is 3. The molecule has 0 atom stereocenters. The lowest BCUT2D eigenvalue weighted by molar-refractivity contribution is -0.120. The third-order valence-electron chi connectivity index (χ3n) is 4.23. The van der Waals surface area contributed by atoms with Gasteiger partial charge in [-0.3, -0.25) is 9.59 Å². The minimum atomic E-state index is -0.247. The number of benzene rings is 1. The second kappa shape index (κ2) is 10.5. The lowest BCUT2D eigenvalue weighted by atomic mass is 10.1. The lowest BCUT2D eigenvalue weighted by Crippen LogP contribution is -2.41. The van der Waals surface area contributed by atoms with E-state index in [0.29, 0.717) is 18.2 Å². The fraction of sp³-hybridized carbons (Fsp3) is 0.556. The van der Waals surface area contributed by atoms with Gasteiger partial charge in [0, 0.05) is 29.2 Å². The van der Waals surface area contributed by atoms with Gasteiger partial charge in [-0.05, 0) is 31.0 Å². The highest BCUT2D eigenvalue weighted by Gasteiger charge is 2.11. The maximum absolute atomic E-state index is 11.9. The molecule has 0 aromatic heterocycles. The van der Waals surface area contributed by atoms with E-state index in [-0.39, 0.29) is 18.4 Å². The van der Waals surface area contributed by atoms with Crippen molar-refractivity contribution < 1.29 is 9.59 Å². The minimum Gasteiger partial charge on any atom is -0.353 e. The van der Waals surface area contributed by atoms with Crippen molar-refractivity contribution in [3.05, 3.63) is 34.3 Å². The Bertz CT molecular complexity index is 543. The van der Waals surface area contributed by atoms with Gasteiger partial charge in [0.25, 0.3) is 5.91 Å². The highest BCUT2D eigenvalue weighted by Crippen LogP contribution is 2.16. The summed E-state index contributed by atoms with van der Waals surface area (Å²) in [4.78, 5) is 23.7. The van der Waals surface area contributed by atoms with Crippen molar-refractivity contribution >= 4 is 27.7 Å². The molecule has 1 aromatic rings. The summed E-state index contributed by atoms with van der Waals surface area (Å²) in [6, 6.07) is 7.67. The Hall–Kier alpha value is -1.40. The zero-order valence-electron chi connectivity index (χ0n) is 13.9. The summed E-state index contributed by atoms with van der Waals surface area (Å²) >= 11 is 3.32. The van der Waals surface area contributed by atoms with Crippen LogP contribution in [0.1, 0.15) is 48.9 Å². The molecule has 1 aliphatic carbocycles. The third-order valence-corrected chi connectivity index (χ3v) is 4.72. The molecule has 0 heterocycles. The number of rotatable bonds is 7. The average molecular weight is 396 g/mol. The first kappa shape index (κ1) is 18.9. The fourth-order valence-corrected chi connectivity index (χ4v) is 3.32. The predicted octanol–water partition coefficient (Wildman–Crippen LogP) is 2.61. The molecule has 0 bridgehead atoms. The van der Waals surface area contributed by atoms with Crippen molar-refractivity contribution in [1.29, 1.82) is 0 Å². The first-order chi connectivity index (χ1) is 11.6. The molecule has 1 fully saturated rings. The zero-order chi connectivity index (χ0) is 17.2. The Morgan fingerprint density at radius 3 is 2.50 bits per heavy atom. The zero-order valence-corrected chi connectivity index (χ0v) is 15.5. The Balaban J connectivity index is 1.58. The van der Waals surface area contributed by atoms with Crippen molar-refractivity contribution in [3.63, 3.8) is 0 Å². The van der Waals surface area contributed by atoms with Gasteiger partial charge >= 0.3 is 0 Å². The fourth-order valence-electron chi connectivity index (χ4n) is 2.92. The van der Waals surface area contributed by atoms with Gasteiger partial charge in [0.1, 0.15) is 0 Å². The van der Waals surface area contributed by atoms with Crippen LogP contribution in [0, 0.1) is 0 Å². The van der Waals surface area contributed by atoms with Crippen LogP contribution in [0.25, 0.3) is 0 Å². The summed E-state index contributed by atoms with van der Waals surface area (Å²) < 4.78 is 0.837. The van der Waals surface area contributed by atoms with Crippen LogP contribution < -0.4 is 16.0 Å². The Labute approximate surface area is 152 Å². The monoisotopic (exact) mass is 395 g/mol. The summed E-state index contributed by atoms with van der Waals surface area (Å²) in [5.41, 5.74) is 0.534. The van der Waals surface area contributed by atoms with E-state index in [1.165, 1.54) is 38.5 Å². The highest BCUT2D eigenvalue weighted by molar-refractivity contribution is 9.10. The summed E-state index contributed by atoms with van der Waals surface area (Å²) in [5, 5.41) is 8.97. The quantitative estimate of drug-likeness (QED) is 0.490. The summed E-state index contributed by atoms with van der Waals surface area (Å²) in [6.45, 7) is 1.35. The molecule has 1 saturated carbocycles. The molecule has 5 nitrogen and oxygen atoms in total. The summed E-state index contributed by atoms with van der Waals surface area (Å²) in [5.74, 6) is -0.413. The number of carbonyl (C=O) groups excluding carboxylic acids is 2. The van der Waals surface area contributed by atoms with E-state index in [9.17, 15) is 9.59 Å². The van der Waals surface area contributed by atoms with Crippen molar-refractivity contribution in [3.8, 4) is 0 Å². The van der Waals surface area contributed by atoms with Gasteiger partial charge in [-0.25, -0.2) is 0 Å². The molecular weight excluding hydrogens is 370 g/mol. The normalized spacial score (nSPS) is 15.5. The van der Waals surface area contributed by atoms with Gasteiger partial charge in [0.2, 0.25) is 5.91 Å². The van der Waals surface area contributed by atoms with Gasteiger partial charge in [0.15, 0.2) is 0 Å². The van der Waals surface area contributed by atoms with Crippen LogP contribution in [0.15, 0.2) is 28.7 Å². The Morgan fingerprint density at radius 2 is 1.79 bits per heavy atom. The Kier molecular flexibility index (Phi) is 8.25. The molecule has 0 saturated heterocycles. The standard InChI is InChI=1S/C18H26BrN3O2/c19-15-7-5-6-14(12-15)18(24)22-13-17(23)21-11-10-20-16-8-3-1-2-4-9-16/h5-7,12,16,20H,1-4,8-11,13H2,(H,21,23)(H,22,24). The van der Waals surface area contributed by atoms with Crippen LogP contribution in [-0.4, -0.2) is 37.5 Å². The molecule has 0 spiro atoms. The van der Waals surface area contributed by atoms with Crippen molar-refractivity contribution in [2.45, 2.75) is 44.6 Å². The molecule has 2 amide bonds. The van der Waals surface area contributed by atoms with Crippen LogP contribution in [-0.2, 0) is 4.79 Å². The predicted molar refractivity (Wildman–Crippen MR) is 99.0 cm³/mol. The number of halogens is 1. The molecule has 6 heteroatoms. The summed E-state index contributed by atoms with van der Waals surface area (Å²) in [6.07, 6.45) is 7.74. The molecule has 2 rings (SSSR count). The second-order valence-corrected chi connectivity index (χ2v) is 7.10. The summed E-state index contributed by atoms with van der Waals surface area (Å²) in [7, 11) is 0. The first-order valence-corrected chi connectivity index (χ1v) is 9.48. The molecule has 3 N–H and O–H groups in total. The number of carbonyl (C=O) groups is 2. The molecule has 0 radical (unpaired) electrons. The maximum atomic E-state index is 11.9. The van der Waals surface area contributed by atoms with Gasteiger partial charge < -0.3 is 16.0 Å². The SMILES string of the molecule is O=C(CNC(=O)c1cccc(Br)c1)NCCNC1CCCCCC1. The van der Waals surface area contributed by atoms with Crippen molar-refractivity contribution in [1.82, 2.24) is 16.0 Å². The number of hydrogen-bond donors (Lipinski definition) is 3. The van der Waals surface area contributed by atoms with Crippen LogP contribution in [0.4, 0.5) is 0 Å². The smallest absolute Gasteiger partial charge is 0.251 e. The Morgan fingerprint density at radius 1 is 1.04 bits per heavy atom. The highest BCUT2D eigenvalue weighted by atomic mass is 79.9. The van der Waals surface area contributed by atoms with Crippen LogP contribution in [0.3, 0.4) is 0 Å². The van der Waals surface area contributed by atoms with Gasteiger partial charge in [-0.1, -0.05) is 47.7 Å². The van der Waals surface area contributed by atoms with E-state index >= 15 is 0 Å². The lowest BCUT2D eigenvalue weighted by Gasteiger charge is -2.16. The van der Waals surface area contributed by atoms with E-state index < -0.39 is 0 Å². The molecule has 0 aliphatic heterocycles. The van der Waals surface area contributed by atoms with E-state index in [0.717, 1.165) is 11.0 Å². The van der Waals surface area contributed by atoms with E-state index in [2.05, 4.69) is 31.9 Å². The van der Waals surface area contributed by atoms with E-state index in [1.54, 1.807) is 18.2 Å². The van der Waals surface area contributed by atoms with Crippen LogP contribution in [0.5, 0.6) is 0 Å². The largest absolute Gasteiger partial charge is 0.353 e. The topological polar surface area (TPSA) is 70.2 Å². The average Bonchev–Trinajstić information content (AvgIpc) is 2.85. The molecular formula is C18H26BrN3O2. The minimum absolute atomic E-state index is 0.00518. The van der Waals surface area contributed by atoms with Crippen LogP contribution in [0.2, 0.25) is 0 Å². The number of amides is 2. The van der Waals surface area contributed by atoms with Crippen LogP contribution >= 0.6 is 15.9 Å². The van der Waals surface area contributed by atoms with E-state index in [4.69, 9.17) is 0 Å². The molecule has 0 unspecified atom stereocenters. The van der Waals surface area contributed by atoms with Gasteiger partial charge in [0.05, 0.1) is 6.54 Å². The van der Waals surface area contributed by atoms with Crippen molar-refractivity contribution in [2.75, 3.05) is 19.6 Å². The molecule has 1 aliphatic rings. The van der Waals surface area contributed by atoms with Crippen molar-refractivity contribution in [2.24, 2.45) is 0 Å². The molecule has 1 aromatic carbocycles. The van der Waals surface area contributed by atoms with Gasteiger partial charge in [-0.2, -0.15) is 0 Å². The van der Waals surface area contributed by atoms with E-state index in [1.807, 2.05) is 6.07 Å². The molecule has 24 heavy (non-hydrogen) atoms. The first-order valence-electron chi connectivity index (χ1n) is 8.69. The number of hydrogen-bond acceptors (Lipinski definition) is 3. The second-order valence-electron chi connectivity index (χ2n) is 6.19. The third kappa shape index (κ3) is 7.01.